The fourth-order valence-corrected chi connectivity index (χ4v) is 2.33. The summed E-state index contributed by atoms with van der Waals surface area (Å²) in [5, 5.41) is 6.50. The third kappa shape index (κ3) is 11.7. The number of nitrogens with zero attached hydrogens (tertiary/aromatic N) is 2. The van der Waals surface area contributed by atoms with Crippen LogP contribution < -0.4 is 10.6 Å². The van der Waals surface area contributed by atoms with Crippen LogP contribution in [-0.2, 0) is 17.9 Å². The van der Waals surface area contributed by atoms with E-state index in [1.54, 1.807) is 19.2 Å². The van der Waals surface area contributed by atoms with Crippen LogP contribution in [0.2, 0.25) is 0 Å². The highest BCUT2D eigenvalue weighted by Crippen LogP contribution is 2.15. The summed E-state index contributed by atoms with van der Waals surface area (Å²) in [6, 6.07) is 7.81. The molecule has 0 aliphatic heterocycles. The minimum atomic E-state index is -4.30. The molecule has 1 unspecified atom stereocenters. The summed E-state index contributed by atoms with van der Waals surface area (Å²) in [4.78, 5) is 6.49. The number of aliphatic imine (C=N–C) groups is 1. The second-order valence-electron chi connectivity index (χ2n) is 6.51. The van der Waals surface area contributed by atoms with Gasteiger partial charge in [-0.1, -0.05) is 31.2 Å². The van der Waals surface area contributed by atoms with E-state index in [9.17, 15) is 13.2 Å². The van der Waals surface area contributed by atoms with Crippen LogP contribution in [0.5, 0.6) is 0 Å². The molecule has 0 aliphatic rings. The first-order valence-electron chi connectivity index (χ1n) is 9.12. The Morgan fingerprint density at radius 2 is 1.79 bits per heavy atom. The van der Waals surface area contributed by atoms with Gasteiger partial charge in [-0.3, -0.25) is 4.99 Å². The molecule has 0 aliphatic carbocycles. The molecular formula is C19H32F3IN4O. The van der Waals surface area contributed by atoms with Crippen LogP contribution in [0.1, 0.15) is 31.4 Å². The molecule has 28 heavy (non-hydrogen) atoms. The molecule has 0 bridgehead atoms. The number of nitrogens with one attached hydrogen (secondary N) is 2. The van der Waals surface area contributed by atoms with Crippen LogP contribution in [0, 0.1) is 0 Å². The smallest absolute Gasteiger partial charge is 0.367 e. The van der Waals surface area contributed by atoms with Gasteiger partial charge in [0.15, 0.2) is 5.96 Å². The lowest BCUT2D eigenvalue weighted by Crippen LogP contribution is -2.42. The standard InChI is InChI=1S/C19H31F3N4O.HI/c1-5-15(2)26(4)11-10-24-18(23-3)25-12-16-6-8-17(9-7-16)13-27-14-19(20,21)22;/h6-9,15H,5,10-14H2,1-4H3,(H2,23,24,25);1H. The first kappa shape index (κ1) is 26.9. The number of ether oxygens (including phenoxy) is 1. The molecule has 0 spiro atoms. The molecule has 0 radical (unpaired) electrons. The zero-order valence-corrected chi connectivity index (χ0v) is 19.3. The van der Waals surface area contributed by atoms with Crippen molar-refractivity contribution in [2.24, 2.45) is 4.99 Å². The van der Waals surface area contributed by atoms with Crippen molar-refractivity contribution >= 4 is 29.9 Å². The molecule has 1 aromatic rings. The van der Waals surface area contributed by atoms with Crippen LogP contribution in [0.15, 0.2) is 29.3 Å². The molecule has 1 rings (SSSR count). The van der Waals surface area contributed by atoms with Crippen molar-refractivity contribution < 1.29 is 17.9 Å². The summed E-state index contributed by atoms with van der Waals surface area (Å²) < 4.78 is 40.9. The van der Waals surface area contributed by atoms with Crippen LogP contribution in [0.3, 0.4) is 0 Å². The highest BCUT2D eigenvalue weighted by molar-refractivity contribution is 14.0. The molecule has 0 fully saturated rings. The zero-order chi connectivity index (χ0) is 20.3. The molecule has 5 nitrogen and oxygen atoms in total. The molecule has 0 amide bonds. The van der Waals surface area contributed by atoms with Gasteiger partial charge in [0.2, 0.25) is 0 Å². The number of alkyl halides is 3. The zero-order valence-electron chi connectivity index (χ0n) is 17.0. The van der Waals surface area contributed by atoms with Crippen LogP contribution in [0.4, 0.5) is 13.2 Å². The highest BCUT2D eigenvalue weighted by atomic mass is 127. The molecule has 1 atom stereocenters. The fourth-order valence-electron chi connectivity index (χ4n) is 2.33. The third-order valence-electron chi connectivity index (χ3n) is 4.34. The highest BCUT2D eigenvalue weighted by Gasteiger charge is 2.27. The summed E-state index contributed by atoms with van der Waals surface area (Å²) in [6.07, 6.45) is -3.18. The average molecular weight is 516 g/mol. The van der Waals surface area contributed by atoms with Crippen molar-refractivity contribution in [3.8, 4) is 0 Å². The topological polar surface area (TPSA) is 48.9 Å². The number of benzene rings is 1. The molecule has 9 heteroatoms. The largest absolute Gasteiger partial charge is 0.411 e. The monoisotopic (exact) mass is 516 g/mol. The normalized spacial score (nSPS) is 13.2. The Kier molecular flexibility index (Phi) is 13.5. The minimum absolute atomic E-state index is 0. The summed E-state index contributed by atoms with van der Waals surface area (Å²) >= 11 is 0. The van der Waals surface area contributed by atoms with Crippen molar-refractivity contribution in [3.63, 3.8) is 0 Å². The molecular weight excluding hydrogens is 484 g/mol. The Morgan fingerprint density at radius 1 is 1.18 bits per heavy atom. The van der Waals surface area contributed by atoms with Gasteiger partial charge in [0.05, 0.1) is 6.61 Å². The summed E-state index contributed by atoms with van der Waals surface area (Å²) in [5.41, 5.74) is 1.72. The predicted octanol–water partition coefficient (Wildman–Crippen LogP) is 3.78. The maximum Gasteiger partial charge on any atom is 0.411 e. The summed E-state index contributed by atoms with van der Waals surface area (Å²) in [6.45, 7) is 5.36. The molecule has 0 saturated heterocycles. The SMILES string of the molecule is CCC(C)N(C)CCNC(=NC)NCc1ccc(COCC(F)(F)F)cc1.I. The number of halogens is 4. The minimum Gasteiger partial charge on any atom is -0.367 e. The van der Waals surface area contributed by atoms with E-state index in [4.69, 9.17) is 0 Å². The lowest BCUT2D eigenvalue weighted by Gasteiger charge is -2.24. The number of rotatable bonds is 10. The van der Waals surface area contributed by atoms with E-state index in [0.29, 0.717) is 24.1 Å². The Labute approximate surface area is 183 Å². The molecule has 162 valence electrons. The van der Waals surface area contributed by atoms with Gasteiger partial charge in [-0.2, -0.15) is 13.2 Å². The molecule has 0 saturated carbocycles. The average Bonchev–Trinajstić information content (AvgIpc) is 2.63. The molecule has 1 aromatic carbocycles. The van der Waals surface area contributed by atoms with Crippen molar-refractivity contribution in [2.75, 3.05) is 33.8 Å². The maximum atomic E-state index is 12.1. The predicted molar refractivity (Wildman–Crippen MR) is 118 cm³/mol. The van der Waals surface area contributed by atoms with Crippen LogP contribution in [-0.4, -0.2) is 56.9 Å². The van der Waals surface area contributed by atoms with E-state index >= 15 is 0 Å². The van der Waals surface area contributed by atoms with Crippen molar-refractivity contribution in [1.29, 1.82) is 0 Å². The summed E-state index contributed by atoms with van der Waals surface area (Å²) in [5.74, 6) is 0.713. The van der Waals surface area contributed by atoms with E-state index in [0.717, 1.165) is 25.1 Å². The van der Waals surface area contributed by atoms with Crippen molar-refractivity contribution in [1.82, 2.24) is 15.5 Å². The van der Waals surface area contributed by atoms with Crippen LogP contribution in [0.25, 0.3) is 0 Å². The van der Waals surface area contributed by atoms with E-state index in [1.807, 2.05) is 12.1 Å². The van der Waals surface area contributed by atoms with E-state index in [2.05, 4.69) is 46.2 Å². The Morgan fingerprint density at radius 3 is 2.32 bits per heavy atom. The van der Waals surface area contributed by atoms with Gasteiger partial charge in [0.1, 0.15) is 6.61 Å². The van der Waals surface area contributed by atoms with Gasteiger partial charge in [-0.25, -0.2) is 0 Å². The maximum absolute atomic E-state index is 12.1. The second kappa shape index (κ2) is 14.0. The van der Waals surface area contributed by atoms with E-state index in [-0.39, 0.29) is 30.6 Å². The van der Waals surface area contributed by atoms with Gasteiger partial charge in [0, 0.05) is 32.7 Å². The quantitative estimate of drug-likeness (QED) is 0.283. The number of likely N-dealkylation sites (N-methyl/N-ethyl adjacent to an activating group) is 1. The fraction of sp³-hybridized carbons (Fsp3) is 0.632. The molecule has 0 aromatic heterocycles. The third-order valence-corrected chi connectivity index (χ3v) is 4.34. The molecule has 2 N–H and O–H groups in total. The van der Waals surface area contributed by atoms with Gasteiger partial charge in [0.25, 0.3) is 0 Å². The summed E-state index contributed by atoms with van der Waals surface area (Å²) in [7, 11) is 3.82. The second-order valence-corrected chi connectivity index (χ2v) is 6.51. The van der Waals surface area contributed by atoms with Gasteiger partial charge in [-0.05, 0) is 31.5 Å². The van der Waals surface area contributed by atoms with Crippen molar-refractivity contribution in [2.45, 2.75) is 45.6 Å². The Bertz CT molecular complexity index is 567. The van der Waals surface area contributed by atoms with Gasteiger partial charge < -0.3 is 20.3 Å². The number of guanidine groups is 1. The number of hydrogen-bond donors (Lipinski definition) is 2. The van der Waals surface area contributed by atoms with E-state index < -0.39 is 12.8 Å². The first-order valence-corrected chi connectivity index (χ1v) is 9.12. The Hall–Kier alpha value is -1.07. The van der Waals surface area contributed by atoms with Gasteiger partial charge >= 0.3 is 6.18 Å². The number of hydrogen-bond acceptors (Lipinski definition) is 3. The first-order chi connectivity index (χ1) is 12.7. The lowest BCUT2D eigenvalue weighted by atomic mass is 10.1. The molecule has 0 heterocycles. The van der Waals surface area contributed by atoms with E-state index in [1.165, 1.54) is 0 Å². The Balaban J connectivity index is 0.00000729. The van der Waals surface area contributed by atoms with Gasteiger partial charge in [-0.15, -0.1) is 24.0 Å². The van der Waals surface area contributed by atoms with Crippen molar-refractivity contribution in [3.05, 3.63) is 35.4 Å². The van der Waals surface area contributed by atoms with Crippen LogP contribution >= 0.6 is 24.0 Å². The lowest BCUT2D eigenvalue weighted by molar-refractivity contribution is -0.176.